The molecule has 108 valence electrons. The van der Waals surface area contributed by atoms with Gasteiger partial charge >= 0.3 is 0 Å². The molecule has 0 radical (unpaired) electrons. The average Bonchev–Trinajstić information content (AvgIpc) is 3.06. The third-order valence-corrected chi connectivity index (χ3v) is 3.88. The van der Waals surface area contributed by atoms with Crippen molar-refractivity contribution in [2.24, 2.45) is 7.05 Å². The Morgan fingerprint density at radius 3 is 3.15 bits per heavy atom. The number of nitrogens with zero attached hydrogens (tertiary/aromatic N) is 4. The van der Waals surface area contributed by atoms with Gasteiger partial charge < -0.3 is 15.4 Å². The molecule has 2 N–H and O–H groups in total. The minimum Gasteiger partial charge on any atom is -0.383 e. The Morgan fingerprint density at radius 2 is 2.40 bits per heavy atom. The lowest BCUT2D eigenvalue weighted by atomic mass is 9.98. The molecule has 3 heterocycles. The highest BCUT2D eigenvalue weighted by atomic mass is 16.5. The molecule has 0 spiro atoms. The molecule has 2 aromatic heterocycles. The molecule has 1 unspecified atom stereocenters. The number of hydrogen-bond donors (Lipinski definition) is 2. The van der Waals surface area contributed by atoms with E-state index in [1.54, 1.807) is 24.3 Å². The number of aromatic nitrogens is 4. The van der Waals surface area contributed by atoms with Gasteiger partial charge in [0.2, 0.25) is 0 Å². The lowest BCUT2D eigenvalue weighted by Gasteiger charge is -2.29. The van der Waals surface area contributed by atoms with Gasteiger partial charge in [-0.25, -0.2) is 9.97 Å². The average molecular weight is 276 g/mol. The second-order valence-electron chi connectivity index (χ2n) is 5.32. The van der Waals surface area contributed by atoms with E-state index in [0.717, 1.165) is 36.4 Å². The molecule has 7 heteroatoms. The summed E-state index contributed by atoms with van der Waals surface area (Å²) in [6, 6.07) is 0. The van der Waals surface area contributed by atoms with Crippen molar-refractivity contribution in [2.75, 3.05) is 32.1 Å². The number of methoxy groups -OCH3 is 1. The SMILES string of the molecule is COCC1(CNc2ncnc3c2cnn3C)CCCN1. The first kappa shape index (κ1) is 13.3. The molecular weight excluding hydrogens is 256 g/mol. The molecule has 1 aliphatic heterocycles. The van der Waals surface area contributed by atoms with Crippen LogP contribution >= 0.6 is 0 Å². The van der Waals surface area contributed by atoms with E-state index in [2.05, 4.69) is 25.7 Å². The summed E-state index contributed by atoms with van der Waals surface area (Å²) >= 11 is 0. The van der Waals surface area contributed by atoms with E-state index < -0.39 is 0 Å². The summed E-state index contributed by atoms with van der Waals surface area (Å²) in [6.07, 6.45) is 5.65. The van der Waals surface area contributed by atoms with Gasteiger partial charge in [-0.3, -0.25) is 4.68 Å². The second-order valence-corrected chi connectivity index (χ2v) is 5.32. The number of rotatable bonds is 5. The monoisotopic (exact) mass is 276 g/mol. The summed E-state index contributed by atoms with van der Waals surface area (Å²) in [6.45, 7) is 2.51. The number of hydrogen-bond acceptors (Lipinski definition) is 6. The van der Waals surface area contributed by atoms with E-state index in [1.807, 2.05) is 7.05 Å². The Kier molecular flexibility index (Phi) is 3.54. The molecule has 0 saturated carbocycles. The van der Waals surface area contributed by atoms with Crippen molar-refractivity contribution >= 4 is 16.9 Å². The topological polar surface area (TPSA) is 76.9 Å². The Bertz CT molecular complexity index is 590. The Labute approximate surface area is 117 Å². The summed E-state index contributed by atoms with van der Waals surface area (Å²) in [5.74, 6) is 0.826. The van der Waals surface area contributed by atoms with Crippen LogP contribution < -0.4 is 10.6 Å². The fraction of sp³-hybridized carbons (Fsp3) is 0.615. The maximum Gasteiger partial charge on any atom is 0.163 e. The summed E-state index contributed by atoms with van der Waals surface area (Å²) in [4.78, 5) is 8.57. The van der Waals surface area contributed by atoms with Crippen molar-refractivity contribution in [3.63, 3.8) is 0 Å². The largest absolute Gasteiger partial charge is 0.383 e. The molecule has 1 fully saturated rings. The molecule has 0 bridgehead atoms. The molecule has 0 aromatic carbocycles. The first-order chi connectivity index (χ1) is 9.74. The number of anilines is 1. The van der Waals surface area contributed by atoms with E-state index in [-0.39, 0.29) is 5.54 Å². The zero-order chi connectivity index (χ0) is 14.0. The molecule has 0 aliphatic carbocycles. The van der Waals surface area contributed by atoms with Crippen LogP contribution in [-0.4, -0.2) is 52.1 Å². The normalized spacial score (nSPS) is 22.5. The maximum atomic E-state index is 5.36. The van der Waals surface area contributed by atoms with Crippen molar-refractivity contribution in [3.05, 3.63) is 12.5 Å². The maximum absolute atomic E-state index is 5.36. The predicted molar refractivity (Wildman–Crippen MR) is 76.6 cm³/mol. The third-order valence-electron chi connectivity index (χ3n) is 3.88. The fourth-order valence-electron chi connectivity index (χ4n) is 2.83. The molecule has 20 heavy (non-hydrogen) atoms. The van der Waals surface area contributed by atoms with Crippen LogP contribution in [0.1, 0.15) is 12.8 Å². The highest BCUT2D eigenvalue weighted by Gasteiger charge is 2.33. The van der Waals surface area contributed by atoms with Gasteiger partial charge in [-0.15, -0.1) is 0 Å². The number of nitrogens with one attached hydrogen (secondary N) is 2. The second kappa shape index (κ2) is 5.34. The van der Waals surface area contributed by atoms with Gasteiger partial charge in [0.1, 0.15) is 12.1 Å². The van der Waals surface area contributed by atoms with E-state index in [4.69, 9.17) is 4.74 Å². The van der Waals surface area contributed by atoms with Gasteiger partial charge in [0, 0.05) is 20.7 Å². The summed E-state index contributed by atoms with van der Waals surface area (Å²) in [5.41, 5.74) is 0.830. The minimum atomic E-state index is -0.00572. The fourth-order valence-corrected chi connectivity index (χ4v) is 2.83. The standard InChI is InChI=1S/C13H20N6O/c1-19-12-10(6-18-19)11(15-9-16-12)14-7-13(8-20-2)4-3-5-17-13/h6,9,17H,3-5,7-8H2,1-2H3,(H,14,15,16). The Morgan fingerprint density at radius 1 is 1.50 bits per heavy atom. The molecule has 3 rings (SSSR count). The van der Waals surface area contributed by atoms with Crippen LogP contribution in [0.2, 0.25) is 0 Å². The molecule has 7 nitrogen and oxygen atoms in total. The Balaban J connectivity index is 1.79. The predicted octanol–water partition coefficient (Wildman–Crippen LogP) is 0.544. The smallest absolute Gasteiger partial charge is 0.163 e. The van der Waals surface area contributed by atoms with Gasteiger partial charge in [0.25, 0.3) is 0 Å². The highest BCUT2D eigenvalue weighted by Crippen LogP contribution is 2.23. The van der Waals surface area contributed by atoms with Crippen LogP contribution in [0.5, 0.6) is 0 Å². The number of ether oxygens (including phenoxy) is 1. The molecule has 0 amide bonds. The zero-order valence-corrected chi connectivity index (χ0v) is 11.9. The molecule has 1 atom stereocenters. The Hall–Kier alpha value is -1.73. The lowest BCUT2D eigenvalue weighted by Crippen LogP contribution is -2.49. The summed E-state index contributed by atoms with van der Waals surface area (Å²) < 4.78 is 7.11. The quantitative estimate of drug-likeness (QED) is 0.830. The zero-order valence-electron chi connectivity index (χ0n) is 11.9. The minimum absolute atomic E-state index is 0.00572. The van der Waals surface area contributed by atoms with Crippen LogP contribution in [0.4, 0.5) is 5.82 Å². The third kappa shape index (κ3) is 2.34. The lowest BCUT2D eigenvalue weighted by molar-refractivity contribution is 0.127. The molecule has 1 saturated heterocycles. The highest BCUT2D eigenvalue weighted by molar-refractivity contribution is 5.85. The van der Waals surface area contributed by atoms with Crippen molar-refractivity contribution in [3.8, 4) is 0 Å². The van der Waals surface area contributed by atoms with E-state index in [9.17, 15) is 0 Å². The van der Waals surface area contributed by atoms with Crippen LogP contribution in [0.15, 0.2) is 12.5 Å². The van der Waals surface area contributed by atoms with Gasteiger partial charge in [0.15, 0.2) is 5.65 Å². The van der Waals surface area contributed by atoms with Gasteiger partial charge in [0.05, 0.1) is 23.7 Å². The molecular formula is C13H20N6O. The van der Waals surface area contributed by atoms with Crippen molar-refractivity contribution in [2.45, 2.75) is 18.4 Å². The number of aryl methyl sites for hydroxylation is 1. The van der Waals surface area contributed by atoms with Crippen molar-refractivity contribution < 1.29 is 4.74 Å². The van der Waals surface area contributed by atoms with E-state index in [1.165, 1.54) is 6.42 Å². The van der Waals surface area contributed by atoms with Crippen LogP contribution in [0, 0.1) is 0 Å². The molecule has 2 aromatic rings. The first-order valence-electron chi connectivity index (χ1n) is 6.85. The van der Waals surface area contributed by atoms with Gasteiger partial charge in [-0.05, 0) is 19.4 Å². The van der Waals surface area contributed by atoms with Gasteiger partial charge in [-0.2, -0.15) is 5.10 Å². The van der Waals surface area contributed by atoms with Crippen LogP contribution in [0.25, 0.3) is 11.0 Å². The van der Waals surface area contributed by atoms with Crippen LogP contribution in [0.3, 0.4) is 0 Å². The van der Waals surface area contributed by atoms with E-state index in [0.29, 0.717) is 6.61 Å². The van der Waals surface area contributed by atoms with E-state index >= 15 is 0 Å². The van der Waals surface area contributed by atoms with Crippen molar-refractivity contribution in [1.82, 2.24) is 25.1 Å². The number of fused-ring (bicyclic) bond motifs is 1. The molecule has 1 aliphatic rings. The van der Waals surface area contributed by atoms with Crippen molar-refractivity contribution in [1.29, 1.82) is 0 Å². The van der Waals surface area contributed by atoms with Crippen LogP contribution in [-0.2, 0) is 11.8 Å². The summed E-state index contributed by atoms with van der Waals surface area (Å²) in [5, 5.41) is 12.1. The van der Waals surface area contributed by atoms with Gasteiger partial charge in [-0.1, -0.05) is 0 Å². The first-order valence-corrected chi connectivity index (χ1v) is 6.85. The summed E-state index contributed by atoms with van der Waals surface area (Å²) in [7, 11) is 3.62.